The summed E-state index contributed by atoms with van der Waals surface area (Å²) in [6.45, 7) is 1.44. The summed E-state index contributed by atoms with van der Waals surface area (Å²) in [7, 11) is -3.59. The van der Waals surface area contributed by atoms with Crippen LogP contribution in [0.4, 0.5) is 0 Å². The van der Waals surface area contributed by atoms with Gasteiger partial charge in [0, 0.05) is 13.1 Å². The highest BCUT2D eigenvalue weighted by Gasteiger charge is 2.26. The maximum Gasteiger partial charge on any atom is 0.338 e. The lowest BCUT2D eigenvalue weighted by Crippen LogP contribution is -2.40. The molecule has 0 amide bonds. The van der Waals surface area contributed by atoms with Gasteiger partial charge in [0.2, 0.25) is 10.0 Å². The van der Waals surface area contributed by atoms with Gasteiger partial charge < -0.3 is 9.47 Å². The second-order valence-electron chi connectivity index (χ2n) is 7.18. The van der Waals surface area contributed by atoms with Crippen molar-refractivity contribution < 1.29 is 22.7 Å². The Hall–Kier alpha value is -3.00. The van der Waals surface area contributed by atoms with Crippen LogP contribution in [-0.4, -0.2) is 45.0 Å². The molecule has 3 aromatic carbocycles. The van der Waals surface area contributed by atoms with Gasteiger partial charge in [-0.25, -0.2) is 13.2 Å². The van der Waals surface area contributed by atoms with Crippen LogP contribution in [0.3, 0.4) is 0 Å². The standard InChI is InChI=1S/C24H23NO5S/c26-24(22-11-9-21(10-12-22)20-6-2-1-3-7-20)30-18-19-5-4-8-23(17-19)31(27,28)25-13-15-29-16-14-25/h1-12,17H,13-16,18H2. The highest BCUT2D eigenvalue weighted by Crippen LogP contribution is 2.21. The fourth-order valence-corrected chi connectivity index (χ4v) is 4.87. The summed E-state index contributed by atoms with van der Waals surface area (Å²) in [5.74, 6) is -0.457. The molecule has 31 heavy (non-hydrogen) atoms. The molecule has 0 bridgehead atoms. The predicted molar refractivity (Wildman–Crippen MR) is 117 cm³/mol. The van der Waals surface area contributed by atoms with Gasteiger partial charge in [0.05, 0.1) is 23.7 Å². The van der Waals surface area contributed by atoms with Gasteiger partial charge in [-0.15, -0.1) is 0 Å². The predicted octanol–water partition coefficient (Wildman–Crippen LogP) is 3.73. The molecule has 6 nitrogen and oxygen atoms in total. The number of morpholine rings is 1. The van der Waals surface area contributed by atoms with E-state index in [4.69, 9.17) is 9.47 Å². The quantitative estimate of drug-likeness (QED) is 0.550. The molecule has 0 saturated carbocycles. The van der Waals surface area contributed by atoms with Gasteiger partial charge in [-0.05, 0) is 41.0 Å². The fourth-order valence-electron chi connectivity index (χ4n) is 3.39. The third kappa shape index (κ3) is 5.02. The molecule has 7 heteroatoms. The van der Waals surface area contributed by atoms with Gasteiger partial charge in [-0.1, -0.05) is 54.6 Å². The normalized spacial score (nSPS) is 14.8. The van der Waals surface area contributed by atoms with Crippen molar-refractivity contribution in [3.05, 3.63) is 90.0 Å². The molecule has 1 saturated heterocycles. The molecule has 0 aromatic heterocycles. The Morgan fingerprint density at radius 2 is 1.55 bits per heavy atom. The van der Waals surface area contributed by atoms with Crippen LogP contribution in [-0.2, 0) is 26.1 Å². The van der Waals surface area contributed by atoms with Crippen molar-refractivity contribution in [2.75, 3.05) is 26.3 Å². The Kier molecular flexibility index (Phi) is 6.46. The van der Waals surface area contributed by atoms with E-state index < -0.39 is 16.0 Å². The number of benzene rings is 3. The summed E-state index contributed by atoms with van der Waals surface area (Å²) in [6, 6.07) is 23.6. The van der Waals surface area contributed by atoms with Crippen molar-refractivity contribution in [2.45, 2.75) is 11.5 Å². The van der Waals surface area contributed by atoms with E-state index in [0.717, 1.165) is 11.1 Å². The summed E-state index contributed by atoms with van der Waals surface area (Å²) in [5.41, 5.74) is 3.14. The number of sulfonamides is 1. The average molecular weight is 438 g/mol. The van der Waals surface area contributed by atoms with Crippen molar-refractivity contribution in [2.24, 2.45) is 0 Å². The van der Waals surface area contributed by atoms with Gasteiger partial charge in [-0.2, -0.15) is 4.31 Å². The van der Waals surface area contributed by atoms with E-state index in [0.29, 0.717) is 37.4 Å². The second-order valence-corrected chi connectivity index (χ2v) is 9.12. The molecule has 0 N–H and O–H groups in total. The SMILES string of the molecule is O=C(OCc1cccc(S(=O)(=O)N2CCOCC2)c1)c1ccc(-c2ccccc2)cc1. The van der Waals surface area contributed by atoms with E-state index >= 15 is 0 Å². The zero-order valence-electron chi connectivity index (χ0n) is 16.9. The lowest BCUT2D eigenvalue weighted by molar-refractivity contribution is 0.0472. The molecule has 0 atom stereocenters. The molecule has 0 aliphatic carbocycles. The molecule has 3 aromatic rings. The number of hydrogen-bond acceptors (Lipinski definition) is 5. The number of ether oxygens (including phenoxy) is 2. The van der Waals surface area contributed by atoms with Gasteiger partial charge in [0.15, 0.2) is 0 Å². The molecule has 4 rings (SSSR count). The van der Waals surface area contributed by atoms with Gasteiger partial charge >= 0.3 is 5.97 Å². The number of carbonyl (C=O) groups is 1. The van der Waals surface area contributed by atoms with Crippen molar-refractivity contribution in [1.29, 1.82) is 0 Å². The Morgan fingerprint density at radius 3 is 2.26 bits per heavy atom. The molecule has 160 valence electrons. The highest BCUT2D eigenvalue weighted by atomic mass is 32.2. The van der Waals surface area contributed by atoms with Crippen LogP contribution in [0.25, 0.3) is 11.1 Å². The third-order valence-electron chi connectivity index (χ3n) is 5.10. The topological polar surface area (TPSA) is 72.9 Å². The molecule has 1 aliphatic rings. The number of nitrogens with zero attached hydrogens (tertiary/aromatic N) is 1. The zero-order chi connectivity index (χ0) is 21.7. The molecule has 0 unspecified atom stereocenters. The number of carbonyl (C=O) groups excluding carboxylic acids is 1. The van der Waals surface area contributed by atoms with E-state index in [1.54, 1.807) is 36.4 Å². The minimum absolute atomic E-state index is 0.00819. The van der Waals surface area contributed by atoms with Crippen LogP contribution < -0.4 is 0 Å². The van der Waals surface area contributed by atoms with Gasteiger partial charge in [-0.3, -0.25) is 0 Å². The highest BCUT2D eigenvalue weighted by molar-refractivity contribution is 7.89. The Bertz CT molecular complexity index is 1140. The maximum absolute atomic E-state index is 12.8. The summed E-state index contributed by atoms with van der Waals surface area (Å²) in [4.78, 5) is 12.6. The molecular weight excluding hydrogens is 414 g/mol. The molecular formula is C24H23NO5S. The van der Waals surface area contributed by atoms with Crippen LogP contribution >= 0.6 is 0 Å². The molecule has 1 fully saturated rings. The van der Waals surface area contributed by atoms with Crippen LogP contribution in [0.2, 0.25) is 0 Å². The number of esters is 1. The summed E-state index contributed by atoms with van der Waals surface area (Å²) in [5, 5.41) is 0. The third-order valence-corrected chi connectivity index (χ3v) is 7.00. The summed E-state index contributed by atoms with van der Waals surface area (Å²) < 4.78 is 37.7. The van der Waals surface area contributed by atoms with Crippen molar-refractivity contribution in [3.8, 4) is 11.1 Å². The fraction of sp³-hybridized carbons (Fsp3) is 0.208. The molecule has 0 spiro atoms. The Labute approximate surface area is 182 Å². The second kappa shape index (κ2) is 9.43. The number of hydrogen-bond donors (Lipinski definition) is 0. The Morgan fingerprint density at radius 1 is 0.871 bits per heavy atom. The van der Waals surface area contributed by atoms with Crippen LogP contribution in [0.15, 0.2) is 83.8 Å². The van der Waals surface area contributed by atoms with E-state index in [-0.39, 0.29) is 11.5 Å². The van der Waals surface area contributed by atoms with Crippen LogP contribution in [0.5, 0.6) is 0 Å². The number of rotatable bonds is 6. The lowest BCUT2D eigenvalue weighted by Gasteiger charge is -2.26. The molecule has 1 heterocycles. The first-order valence-corrected chi connectivity index (χ1v) is 11.5. The zero-order valence-corrected chi connectivity index (χ0v) is 17.8. The average Bonchev–Trinajstić information content (AvgIpc) is 2.84. The smallest absolute Gasteiger partial charge is 0.338 e. The van der Waals surface area contributed by atoms with Crippen molar-refractivity contribution >= 4 is 16.0 Å². The van der Waals surface area contributed by atoms with E-state index in [1.807, 2.05) is 42.5 Å². The van der Waals surface area contributed by atoms with Crippen LogP contribution in [0.1, 0.15) is 15.9 Å². The minimum Gasteiger partial charge on any atom is -0.457 e. The van der Waals surface area contributed by atoms with Gasteiger partial charge in [0.1, 0.15) is 6.61 Å². The van der Waals surface area contributed by atoms with Gasteiger partial charge in [0.25, 0.3) is 0 Å². The first-order valence-electron chi connectivity index (χ1n) is 10.0. The molecule has 1 aliphatic heterocycles. The summed E-state index contributed by atoms with van der Waals surface area (Å²) >= 11 is 0. The minimum atomic E-state index is -3.59. The van der Waals surface area contributed by atoms with E-state index in [2.05, 4.69) is 0 Å². The first-order chi connectivity index (χ1) is 15.0. The largest absolute Gasteiger partial charge is 0.457 e. The lowest BCUT2D eigenvalue weighted by atomic mass is 10.0. The summed E-state index contributed by atoms with van der Waals surface area (Å²) in [6.07, 6.45) is 0. The van der Waals surface area contributed by atoms with Crippen LogP contribution in [0, 0.1) is 0 Å². The molecule has 0 radical (unpaired) electrons. The van der Waals surface area contributed by atoms with E-state index in [1.165, 1.54) is 4.31 Å². The monoisotopic (exact) mass is 437 g/mol. The maximum atomic E-state index is 12.8. The van der Waals surface area contributed by atoms with Crippen molar-refractivity contribution in [1.82, 2.24) is 4.31 Å². The first kappa shape index (κ1) is 21.2. The van der Waals surface area contributed by atoms with Crippen molar-refractivity contribution in [3.63, 3.8) is 0 Å². The van der Waals surface area contributed by atoms with E-state index in [9.17, 15) is 13.2 Å². The Balaban J connectivity index is 1.41.